The average molecular weight is 505 g/mol. The first-order valence-electron chi connectivity index (χ1n) is 9.41. The molecule has 0 spiro atoms. The number of ether oxygens (including phenoxy) is 1. The molecule has 2 aromatic heterocycles. The Bertz CT molecular complexity index is 1140. The molecule has 6 atom stereocenters. The van der Waals surface area contributed by atoms with Crippen LogP contribution in [0.15, 0.2) is 41.7 Å². The summed E-state index contributed by atoms with van der Waals surface area (Å²) in [6.45, 7) is -0.679. The van der Waals surface area contributed by atoms with E-state index >= 15 is 0 Å². The fourth-order valence-corrected chi connectivity index (χ4v) is 5.02. The highest BCUT2D eigenvalue weighted by Gasteiger charge is 2.51. The van der Waals surface area contributed by atoms with Gasteiger partial charge in [-0.1, -0.05) is 16.8 Å². The summed E-state index contributed by atoms with van der Waals surface area (Å²) in [6.07, 6.45) is -0.665. The van der Waals surface area contributed by atoms with Gasteiger partial charge in [-0.3, -0.25) is 4.98 Å². The van der Waals surface area contributed by atoms with Crippen LogP contribution in [0.3, 0.4) is 0 Å². The van der Waals surface area contributed by atoms with Gasteiger partial charge in [0.1, 0.15) is 23.9 Å². The highest BCUT2D eigenvalue weighted by Crippen LogP contribution is 2.35. The van der Waals surface area contributed by atoms with E-state index in [4.69, 9.17) is 16.3 Å². The minimum absolute atomic E-state index is 0.0871. The maximum atomic E-state index is 13.6. The Morgan fingerprint density at radius 2 is 1.82 bits per heavy atom. The van der Waals surface area contributed by atoms with Crippen molar-refractivity contribution in [3.8, 4) is 11.3 Å². The summed E-state index contributed by atoms with van der Waals surface area (Å²) in [5, 5.41) is 38.9. The molecule has 14 heteroatoms. The van der Waals surface area contributed by atoms with E-state index in [1.165, 1.54) is 18.5 Å². The Morgan fingerprint density at radius 3 is 2.45 bits per heavy atom. The predicted molar refractivity (Wildman–Crippen MR) is 108 cm³/mol. The van der Waals surface area contributed by atoms with Crippen molar-refractivity contribution in [3.05, 3.63) is 59.3 Å². The molecule has 4 unspecified atom stereocenters. The number of aliphatic hydroxyl groups is 3. The first-order valence-corrected chi connectivity index (χ1v) is 11.0. The van der Waals surface area contributed by atoms with Gasteiger partial charge in [-0.05, 0) is 12.1 Å². The standard InChI is InChI=1S/C19H16ClF3N4O5S/c20-9-3-10(5-24-4-9)33(31)19-18(30)16(17(29)14(7-28)32-19)27-6-13(25-26-27)8-1-11(21)15(23)12(22)2-8/h1-6,14,16-19,28-30H,7H2/t14?,16?,17-,18?,19+,33?/m0/s1. The van der Waals surface area contributed by atoms with E-state index in [9.17, 15) is 33.0 Å². The van der Waals surface area contributed by atoms with Crippen molar-refractivity contribution in [3.63, 3.8) is 0 Å². The molecule has 1 aliphatic heterocycles. The summed E-state index contributed by atoms with van der Waals surface area (Å²) < 4.78 is 60.0. The van der Waals surface area contributed by atoms with Gasteiger partial charge in [0, 0.05) is 29.0 Å². The van der Waals surface area contributed by atoms with Gasteiger partial charge in [0.05, 0.1) is 24.0 Å². The third kappa shape index (κ3) is 4.57. The van der Waals surface area contributed by atoms with E-state index in [2.05, 4.69) is 15.3 Å². The molecule has 1 saturated heterocycles. The molecule has 4 rings (SSSR count). The lowest BCUT2D eigenvalue weighted by Crippen LogP contribution is -2.58. The van der Waals surface area contributed by atoms with Crippen LogP contribution in [0.1, 0.15) is 6.04 Å². The molecule has 1 fully saturated rings. The number of aliphatic hydroxyl groups excluding tert-OH is 3. The average Bonchev–Trinajstić information content (AvgIpc) is 3.27. The van der Waals surface area contributed by atoms with E-state index in [0.29, 0.717) is 12.1 Å². The van der Waals surface area contributed by atoms with Gasteiger partial charge in [0.25, 0.3) is 0 Å². The molecule has 3 aromatic rings. The zero-order chi connectivity index (χ0) is 23.9. The van der Waals surface area contributed by atoms with Gasteiger partial charge in [0.15, 0.2) is 28.5 Å². The number of rotatable bonds is 5. The smallest absolute Gasteiger partial charge is 0.250 e. The number of aromatic nitrogens is 4. The maximum Gasteiger partial charge on any atom is 0.250 e. The fraction of sp³-hybridized carbons (Fsp3) is 0.316. The normalized spacial score (nSPS) is 26.4. The lowest BCUT2D eigenvalue weighted by Gasteiger charge is -2.41. The van der Waals surface area contributed by atoms with Gasteiger partial charge in [-0.15, -0.1) is 5.10 Å². The number of halogens is 4. The second-order valence-electron chi connectivity index (χ2n) is 7.17. The lowest BCUT2D eigenvalue weighted by molar-refractivity contribution is -0.180. The monoisotopic (exact) mass is 504 g/mol. The fourth-order valence-electron chi connectivity index (χ4n) is 3.45. The third-order valence-electron chi connectivity index (χ3n) is 5.07. The van der Waals surface area contributed by atoms with Crippen LogP contribution in [0.2, 0.25) is 5.02 Å². The van der Waals surface area contributed by atoms with Crippen LogP contribution in [-0.2, 0) is 15.9 Å². The van der Waals surface area contributed by atoms with Gasteiger partial charge >= 0.3 is 0 Å². The first-order chi connectivity index (χ1) is 15.7. The zero-order valence-electron chi connectivity index (χ0n) is 16.4. The Morgan fingerprint density at radius 1 is 1.12 bits per heavy atom. The molecule has 1 aliphatic rings. The quantitative estimate of drug-likeness (QED) is 0.348. The molecule has 3 N–H and O–H groups in total. The summed E-state index contributed by atoms with van der Waals surface area (Å²) in [4.78, 5) is 3.97. The second-order valence-corrected chi connectivity index (χ2v) is 9.14. The number of hydrogen-bond donors (Lipinski definition) is 3. The van der Waals surface area contributed by atoms with E-state index in [1.807, 2.05) is 0 Å². The molecule has 3 heterocycles. The maximum absolute atomic E-state index is 13.6. The summed E-state index contributed by atoms with van der Waals surface area (Å²) in [5.41, 5.74) is -1.65. The molecule has 0 saturated carbocycles. The van der Waals surface area contributed by atoms with Gasteiger partial charge in [-0.2, -0.15) is 0 Å². The Kier molecular flexibility index (Phi) is 6.91. The van der Waals surface area contributed by atoms with Gasteiger partial charge in [0.2, 0.25) is 5.44 Å². The van der Waals surface area contributed by atoms with Crippen molar-refractivity contribution in [2.75, 3.05) is 6.61 Å². The summed E-state index contributed by atoms with van der Waals surface area (Å²) >= 11 is 3.86. The van der Waals surface area contributed by atoms with Crippen molar-refractivity contribution in [1.82, 2.24) is 20.0 Å². The highest BCUT2D eigenvalue weighted by atomic mass is 35.5. The largest absolute Gasteiger partial charge is 0.609 e. The first kappa shape index (κ1) is 23.9. The summed E-state index contributed by atoms with van der Waals surface area (Å²) in [5.74, 6) is -4.51. The van der Waals surface area contributed by atoms with Gasteiger partial charge < -0.3 is 24.6 Å². The number of benzene rings is 1. The number of hydrogen-bond acceptors (Lipinski definition) is 8. The second kappa shape index (κ2) is 9.54. The Balaban J connectivity index is 1.67. The molecule has 33 heavy (non-hydrogen) atoms. The summed E-state index contributed by atoms with van der Waals surface area (Å²) in [6, 6.07) is 1.47. The van der Waals surface area contributed by atoms with Crippen LogP contribution in [0.25, 0.3) is 11.3 Å². The molecular formula is C19H16ClF3N4O5S. The van der Waals surface area contributed by atoms with E-state index in [0.717, 1.165) is 10.9 Å². The topological polar surface area (TPSA) is 137 Å². The van der Waals surface area contributed by atoms with E-state index in [1.54, 1.807) is 0 Å². The molecule has 0 bridgehead atoms. The molecular weight excluding hydrogens is 489 g/mol. The van der Waals surface area contributed by atoms with Crippen molar-refractivity contribution in [2.24, 2.45) is 0 Å². The number of pyridine rings is 1. The SMILES string of the molecule is [O-][S+](c1cncc(Cl)c1)[C@H]1OC(CO)[C@H](O)C(n2cc(-c3cc(F)c(F)c(F)c3)nn2)C1O. The molecule has 1 aromatic carbocycles. The van der Waals surface area contributed by atoms with Crippen LogP contribution in [0.5, 0.6) is 0 Å². The van der Waals surface area contributed by atoms with E-state index < -0.39 is 65.0 Å². The van der Waals surface area contributed by atoms with Gasteiger partial charge in [-0.25, -0.2) is 17.9 Å². The van der Waals surface area contributed by atoms with Crippen molar-refractivity contribution in [2.45, 2.75) is 34.7 Å². The third-order valence-corrected chi connectivity index (χ3v) is 6.77. The summed E-state index contributed by atoms with van der Waals surface area (Å²) in [7, 11) is 0. The van der Waals surface area contributed by atoms with Crippen LogP contribution >= 0.6 is 11.6 Å². The molecule has 0 amide bonds. The van der Waals surface area contributed by atoms with Crippen molar-refractivity contribution >= 4 is 22.8 Å². The Hall–Kier alpha value is -2.26. The zero-order valence-corrected chi connectivity index (χ0v) is 18.0. The minimum atomic E-state index is -2.02. The van der Waals surface area contributed by atoms with Crippen molar-refractivity contribution < 1.29 is 37.8 Å². The number of nitrogens with zero attached hydrogens (tertiary/aromatic N) is 4. The predicted octanol–water partition coefficient (Wildman–Crippen LogP) is 1.20. The molecule has 0 radical (unpaired) electrons. The van der Waals surface area contributed by atoms with Crippen molar-refractivity contribution in [1.29, 1.82) is 0 Å². The van der Waals surface area contributed by atoms with E-state index in [-0.39, 0.29) is 21.2 Å². The van der Waals surface area contributed by atoms with Crippen LogP contribution in [-0.4, -0.2) is 70.2 Å². The molecule has 9 nitrogen and oxygen atoms in total. The lowest BCUT2D eigenvalue weighted by atomic mass is 9.97. The van der Waals surface area contributed by atoms with Crippen LogP contribution in [0.4, 0.5) is 13.2 Å². The molecule has 0 aliphatic carbocycles. The molecule has 176 valence electrons. The highest BCUT2D eigenvalue weighted by molar-refractivity contribution is 7.92. The van der Waals surface area contributed by atoms with Crippen LogP contribution < -0.4 is 0 Å². The Labute approximate surface area is 192 Å². The minimum Gasteiger partial charge on any atom is -0.609 e. The van der Waals surface area contributed by atoms with Crippen LogP contribution in [0, 0.1) is 17.5 Å².